The standard InChI is InChI=1S/C24H21N3O6S2/c1-25-22-18(20(28)26(24(25)32)13-16-8-10-17(11-9-16)23(30)31)12-19(34-22)21(29)27(35(2)33)14-15-6-4-3-5-7-15/h3-12H,13-14H2,1-2H3,(H,30,31). The SMILES string of the molecule is Cn1c(=O)n(Cc2ccc(C(=O)O)cc2)c(=O)c2cc(C(=O)N(Cc3ccccc3)S(C)=O)sc21. The van der Waals surface area contributed by atoms with Crippen molar-refractivity contribution in [2.45, 2.75) is 13.1 Å². The van der Waals surface area contributed by atoms with E-state index in [4.69, 9.17) is 5.11 Å². The van der Waals surface area contributed by atoms with E-state index >= 15 is 0 Å². The van der Waals surface area contributed by atoms with Crippen molar-refractivity contribution in [3.63, 3.8) is 0 Å². The molecule has 0 bridgehead atoms. The molecule has 0 radical (unpaired) electrons. The van der Waals surface area contributed by atoms with E-state index in [1.165, 1.54) is 40.4 Å². The van der Waals surface area contributed by atoms with E-state index in [1.54, 1.807) is 12.1 Å². The second kappa shape index (κ2) is 9.80. The second-order valence-electron chi connectivity index (χ2n) is 7.82. The normalized spacial score (nSPS) is 11.9. The summed E-state index contributed by atoms with van der Waals surface area (Å²) in [5, 5.41) is 9.25. The molecule has 35 heavy (non-hydrogen) atoms. The van der Waals surface area contributed by atoms with Crippen molar-refractivity contribution < 1.29 is 18.9 Å². The summed E-state index contributed by atoms with van der Waals surface area (Å²) in [6, 6.07) is 16.5. The van der Waals surface area contributed by atoms with Crippen LogP contribution >= 0.6 is 11.3 Å². The highest BCUT2D eigenvalue weighted by Gasteiger charge is 2.24. The first-order valence-electron chi connectivity index (χ1n) is 10.4. The van der Waals surface area contributed by atoms with Gasteiger partial charge in [-0.3, -0.25) is 23.0 Å². The molecule has 11 heteroatoms. The number of nitrogens with zero attached hydrogens (tertiary/aromatic N) is 3. The highest BCUT2D eigenvalue weighted by Crippen LogP contribution is 2.24. The lowest BCUT2D eigenvalue weighted by Gasteiger charge is -2.18. The van der Waals surface area contributed by atoms with E-state index in [0.717, 1.165) is 21.5 Å². The predicted octanol–water partition coefficient (Wildman–Crippen LogP) is 2.44. The van der Waals surface area contributed by atoms with Crippen molar-refractivity contribution in [2.24, 2.45) is 7.05 Å². The fourth-order valence-electron chi connectivity index (χ4n) is 3.62. The minimum atomic E-state index is -1.61. The molecular formula is C24H21N3O6S2. The van der Waals surface area contributed by atoms with Gasteiger partial charge in [0.15, 0.2) is 0 Å². The van der Waals surface area contributed by atoms with E-state index in [-0.39, 0.29) is 28.9 Å². The lowest BCUT2D eigenvalue weighted by molar-refractivity contribution is 0.0696. The Labute approximate surface area is 206 Å². The molecule has 0 aliphatic carbocycles. The van der Waals surface area contributed by atoms with Crippen LogP contribution in [0.1, 0.15) is 31.2 Å². The van der Waals surface area contributed by atoms with Gasteiger partial charge in [0.05, 0.1) is 28.9 Å². The zero-order chi connectivity index (χ0) is 25.3. The fraction of sp³-hybridized carbons (Fsp3) is 0.167. The third kappa shape index (κ3) is 4.86. The van der Waals surface area contributed by atoms with Gasteiger partial charge in [-0.1, -0.05) is 42.5 Å². The number of hydrogen-bond donors (Lipinski definition) is 1. The topological polar surface area (TPSA) is 119 Å². The van der Waals surface area contributed by atoms with Crippen molar-refractivity contribution in [1.29, 1.82) is 0 Å². The van der Waals surface area contributed by atoms with Gasteiger partial charge in [0.1, 0.15) is 15.8 Å². The van der Waals surface area contributed by atoms with E-state index in [2.05, 4.69) is 0 Å². The van der Waals surface area contributed by atoms with Crippen LogP contribution in [0.25, 0.3) is 10.2 Å². The Morgan fingerprint density at radius 2 is 1.69 bits per heavy atom. The van der Waals surface area contributed by atoms with E-state index < -0.39 is 34.1 Å². The van der Waals surface area contributed by atoms with Crippen LogP contribution in [0.5, 0.6) is 0 Å². The molecule has 2 heterocycles. The Kier molecular flexibility index (Phi) is 6.81. The van der Waals surface area contributed by atoms with Gasteiger partial charge in [-0.2, -0.15) is 0 Å². The smallest absolute Gasteiger partial charge is 0.335 e. The third-order valence-corrected chi connectivity index (χ3v) is 7.58. The number of aromatic nitrogens is 2. The van der Waals surface area contributed by atoms with Crippen LogP contribution in [0.15, 0.2) is 70.3 Å². The first-order valence-corrected chi connectivity index (χ1v) is 12.8. The Morgan fingerprint density at radius 1 is 1.03 bits per heavy atom. The number of aryl methyl sites for hydroxylation is 1. The van der Waals surface area contributed by atoms with E-state index in [1.807, 2.05) is 30.3 Å². The number of hydrogen-bond acceptors (Lipinski definition) is 6. The monoisotopic (exact) mass is 511 g/mol. The Hall–Kier alpha value is -3.83. The summed E-state index contributed by atoms with van der Waals surface area (Å²) < 4.78 is 15.9. The molecule has 4 aromatic rings. The molecule has 1 atom stereocenters. The maximum Gasteiger partial charge on any atom is 0.335 e. The van der Waals surface area contributed by atoms with Crippen molar-refractivity contribution in [2.75, 3.05) is 6.26 Å². The maximum absolute atomic E-state index is 13.2. The number of aromatic carboxylic acids is 1. The number of carboxylic acid groups (broad SMARTS) is 1. The number of carbonyl (C=O) groups excluding carboxylic acids is 1. The molecule has 1 N–H and O–H groups in total. The van der Waals surface area contributed by atoms with Gasteiger partial charge in [0.2, 0.25) is 0 Å². The second-order valence-corrected chi connectivity index (χ2v) is 10.1. The number of rotatable bonds is 7. The molecule has 4 rings (SSSR count). The summed E-state index contributed by atoms with van der Waals surface area (Å²) >= 11 is 0.996. The zero-order valence-corrected chi connectivity index (χ0v) is 20.5. The number of benzene rings is 2. The minimum absolute atomic E-state index is 0.0560. The van der Waals surface area contributed by atoms with Crippen molar-refractivity contribution in [3.05, 3.63) is 103 Å². The summed E-state index contributed by atoms with van der Waals surface area (Å²) in [6.45, 7) is 0.0755. The molecule has 1 amide bonds. The van der Waals surface area contributed by atoms with E-state index in [9.17, 15) is 23.4 Å². The van der Waals surface area contributed by atoms with Gasteiger partial charge in [-0.05, 0) is 29.3 Å². The average molecular weight is 512 g/mol. The van der Waals surface area contributed by atoms with Crippen molar-refractivity contribution in [1.82, 2.24) is 13.4 Å². The minimum Gasteiger partial charge on any atom is -0.478 e. The fourth-order valence-corrected chi connectivity index (χ4v) is 5.39. The molecule has 0 saturated carbocycles. The Morgan fingerprint density at radius 3 is 2.29 bits per heavy atom. The van der Waals surface area contributed by atoms with E-state index in [0.29, 0.717) is 10.4 Å². The maximum atomic E-state index is 13.2. The van der Waals surface area contributed by atoms with Crippen LogP contribution in [-0.2, 0) is 31.1 Å². The van der Waals surface area contributed by atoms with Gasteiger partial charge in [0.25, 0.3) is 11.5 Å². The molecular weight excluding hydrogens is 490 g/mol. The molecule has 1 unspecified atom stereocenters. The first-order chi connectivity index (χ1) is 16.7. The third-order valence-electron chi connectivity index (χ3n) is 5.47. The molecule has 2 aromatic carbocycles. The van der Waals surface area contributed by atoms with Crippen LogP contribution in [0.2, 0.25) is 0 Å². The largest absolute Gasteiger partial charge is 0.478 e. The van der Waals surface area contributed by atoms with Gasteiger partial charge >= 0.3 is 11.7 Å². The lowest BCUT2D eigenvalue weighted by Crippen LogP contribution is -2.38. The molecule has 9 nitrogen and oxygen atoms in total. The molecule has 0 saturated heterocycles. The molecule has 180 valence electrons. The predicted molar refractivity (Wildman–Crippen MR) is 134 cm³/mol. The number of carboxylic acids is 1. The Bertz CT molecular complexity index is 1570. The van der Waals surface area contributed by atoms with Crippen molar-refractivity contribution >= 4 is 44.4 Å². The van der Waals surface area contributed by atoms with Crippen LogP contribution in [0.3, 0.4) is 0 Å². The molecule has 0 fully saturated rings. The average Bonchev–Trinajstić information content (AvgIpc) is 3.30. The van der Waals surface area contributed by atoms with Gasteiger partial charge in [-0.15, -0.1) is 11.3 Å². The van der Waals surface area contributed by atoms with Crippen molar-refractivity contribution in [3.8, 4) is 0 Å². The zero-order valence-electron chi connectivity index (χ0n) is 18.8. The summed E-state index contributed by atoms with van der Waals surface area (Å²) in [5.41, 5.74) is 0.356. The highest BCUT2D eigenvalue weighted by atomic mass is 32.2. The van der Waals surface area contributed by atoms with Gasteiger partial charge in [0, 0.05) is 13.3 Å². The van der Waals surface area contributed by atoms with Crippen LogP contribution in [-0.4, -0.2) is 40.9 Å². The number of carbonyl (C=O) groups is 2. The summed E-state index contributed by atoms with van der Waals surface area (Å²) in [7, 11) is -0.0982. The lowest BCUT2D eigenvalue weighted by atomic mass is 10.1. The van der Waals surface area contributed by atoms with Gasteiger partial charge in [-0.25, -0.2) is 13.8 Å². The first kappa shape index (κ1) is 24.3. The quantitative estimate of drug-likeness (QED) is 0.407. The molecule has 0 aliphatic rings. The molecule has 0 aliphatic heterocycles. The molecule has 2 aromatic heterocycles. The number of amides is 1. The van der Waals surface area contributed by atoms with Crippen LogP contribution in [0, 0.1) is 0 Å². The van der Waals surface area contributed by atoms with Crippen LogP contribution in [0.4, 0.5) is 0 Å². The summed E-state index contributed by atoms with van der Waals surface area (Å²) in [4.78, 5) is 51.0. The molecule has 0 spiro atoms. The highest BCUT2D eigenvalue weighted by molar-refractivity contribution is 7.82. The summed E-state index contributed by atoms with van der Waals surface area (Å²) in [6.07, 6.45) is 1.41. The van der Waals surface area contributed by atoms with Gasteiger partial charge < -0.3 is 5.11 Å². The summed E-state index contributed by atoms with van der Waals surface area (Å²) in [5.74, 6) is -1.57. The number of fused-ring (bicyclic) bond motifs is 1. The Balaban J connectivity index is 1.72. The van der Waals surface area contributed by atoms with Crippen LogP contribution < -0.4 is 11.2 Å². The number of thiophene rings is 1.